The zero-order valence-corrected chi connectivity index (χ0v) is 19.3. The van der Waals surface area contributed by atoms with Crippen LogP contribution in [-0.4, -0.2) is 34.7 Å². The summed E-state index contributed by atoms with van der Waals surface area (Å²) in [6, 6.07) is 8.35. The van der Waals surface area contributed by atoms with E-state index in [1.54, 1.807) is 24.2 Å². The second-order valence-corrected chi connectivity index (χ2v) is 10.4. The molecular weight excluding hydrogens is 450 g/mol. The van der Waals surface area contributed by atoms with Crippen molar-refractivity contribution in [3.05, 3.63) is 59.5 Å². The number of aromatic nitrogens is 7. The van der Waals surface area contributed by atoms with E-state index in [0.717, 1.165) is 57.6 Å². The van der Waals surface area contributed by atoms with Gasteiger partial charge in [-0.2, -0.15) is 0 Å². The van der Waals surface area contributed by atoms with E-state index in [2.05, 4.69) is 24.7 Å². The van der Waals surface area contributed by atoms with Crippen LogP contribution < -0.4 is 0 Å². The Labute approximate surface area is 198 Å². The van der Waals surface area contributed by atoms with Gasteiger partial charge >= 0.3 is 0 Å². The second-order valence-electron chi connectivity index (χ2n) is 8.38. The minimum Gasteiger partial charge on any atom is -0.299 e. The number of pyridine rings is 2. The van der Waals surface area contributed by atoms with Crippen LogP contribution in [-0.2, 0) is 12.8 Å². The van der Waals surface area contributed by atoms with Crippen molar-refractivity contribution in [2.75, 3.05) is 0 Å². The first-order valence-electron chi connectivity index (χ1n) is 11.1. The van der Waals surface area contributed by atoms with Crippen LogP contribution in [0.15, 0.2) is 59.2 Å². The van der Waals surface area contributed by atoms with Gasteiger partial charge < -0.3 is 0 Å². The minimum atomic E-state index is 0.431. The van der Waals surface area contributed by atoms with Crippen LogP contribution in [0, 0.1) is 0 Å². The van der Waals surface area contributed by atoms with Gasteiger partial charge in [0, 0.05) is 52.2 Å². The van der Waals surface area contributed by atoms with Crippen molar-refractivity contribution in [1.29, 1.82) is 0 Å². The minimum absolute atomic E-state index is 0.431. The van der Waals surface area contributed by atoms with Gasteiger partial charge in [0.05, 0.1) is 0 Å². The smallest absolute Gasteiger partial charge is 0.198 e. The highest BCUT2D eigenvalue weighted by Crippen LogP contribution is 2.46. The molecule has 9 heteroatoms. The Morgan fingerprint density at radius 3 is 2.52 bits per heavy atom. The van der Waals surface area contributed by atoms with E-state index in [1.807, 2.05) is 48.0 Å². The molecule has 5 aromatic rings. The third kappa shape index (κ3) is 3.34. The summed E-state index contributed by atoms with van der Waals surface area (Å²) < 4.78 is 2.27. The van der Waals surface area contributed by atoms with Crippen molar-refractivity contribution in [3.63, 3.8) is 0 Å². The molecule has 7 rings (SSSR count). The van der Waals surface area contributed by atoms with Gasteiger partial charge in [0.25, 0.3) is 0 Å². The molecule has 5 heterocycles. The van der Waals surface area contributed by atoms with Crippen molar-refractivity contribution in [2.45, 2.75) is 48.3 Å². The van der Waals surface area contributed by atoms with Gasteiger partial charge in [0.15, 0.2) is 16.8 Å². The van der Waals surface area contributed by atoms with Crippen LogP contribution in [0.4, 0.5) is 0 Å². The number of nitrogens with zero attached hydrogens (tertiary/aromatic N) is 7. The summed E-state index contributed by atoms with van der Waals surface area (Å²) in [5.74, 6) is 1.59. The molecule has 0 saturated heterocycles. The van der Waals surface area contributed by atoms with E-state index >= 15 is 0 Å². The van der Waals surface area contributed by atoms with Gasteiger partial charge in [0.1, 0.15) is 9.86 Å². The highest BCUT2D eigenvalue weighted by atomic mass is 32.2. The van der Waals surface area contributed by atoms with Gasteiger partial charge in [-0.05, 0) is 73.7 Å². The fourth-order valence-corrected chi connectivity index (χ4v) is 6.82. The van der Waals surface area contributed by atoms with Crippen molar-refractivity contribution >= 4 is 33.3 Å². The van der Waals surface area contributed by atoms with Crippen molar-refractivity contribution in [3.8, 4) is 22.8 Å². The van der Waals surface area contributed by atoms with Gasteiger partial charge in [-0.25, -0.2) is 9.97 Å². The lowest BCUT2D eigenvalue weighted by molar-refractivity contribution is 0.669. The monoisotopic (exact) mass is 469 g/mol. The number of rotatable bonds is 5. The maximum absolute atomic E-state index is 5.04. The summed E-state index contributed by atoms with van der Waals surface area (Å²) in [6.45, 7) is 0. The molecule has 5 aromatic heterocycles. The van der Waals surface area contributed by atoms with E-state index < -0.39 is 0 Å². The van der Waals surface area contributed by atoms with Crippen LogP contribution in [0.25, 0.3) is 33.0 Å². The number of hydrogen-bond donors (Lipinski definition) is 0. The summed E-state index contributed by atoms with van der Waals surface area (Å²) in [4.78, 5) is 21.0. The lowest BCUT2D eigenvalue weighted by Gasteiger charge is -2.10. The molecule has 1 saturated carbocycles. The molecule has 33 heavy (non-hydrogen) atoms. The summed E-state index contributed by atoms with van der Waals surface area (Å²) >= 11 is 3.42. The molecular formula is C24H19N7S2. The van der Waals surface area contributed by atoms with E-state index in [1.165, 1.54) is 22.2 Å². The molecule has 0 radical (unpaired) electrons. The van der Waals surface area contributed by atoms with E-state index in [4.69, 9.17) is 9.97 Å². The highest BCUT2D eigenvalue weighted by molar-refractivity contribution is 7.99. The average molecular weight is 470 g/mol. The Hall–Kier alpha value is -3.17. The lowest BCUT2D eigenvalue weighted by atomic mass is 10.2. The van der Waals surface area contributed by atoms with E-state index in [0.29, 0.717) is 11.9 Å². The van der Waals surface area contributed by atoms with Crippen molar-refractivity contribution in [1.82, 2.24) is 34.7 Å². The predicted molar refractivity (Wildman–Crippen MR) is 128 cm³/mol. The standard InChI is InChI=1S/C24H19N7S2/c1-6-17-18(7-1)32-22-19(17)23(28-20(27-22)14-4-2-10-25-12-14)33-24-30-29-21(31(24)16-8-9-16)15-5-3-11-26-13-15/h2-5,10-13,16H,1,6-9H2. The summed E-state index contributed by atoms with van der Waals surface area (Å²) in [7, 11) is 0. The number of aryl methyl sites for hydroxylation is 2. The third-order valence-corrected chi connectivity index (χ3v) is 8.27. The molecule has 2 aliphatic rings. The topological polar surface area (TPSA) is 82.3 Å². The summed E-state index contributed by atoms with van der Waals surface area (Å²) in [5.41, 5.74) is 3.33. The molecule has 7 nitrogen and oxygen atoms in total. The number of hydrogen-bond acceptors (Lipinski definition) is 8. The first-order chi connectivity index (χ1) is 16.3. The predicted octanol–water partition coefficient (Wildman–Crippen LogP) is 5.38. The molecule has 0 unspecified atom stereocenters. The summed E-state index contributed by atoms with van der Waals surface area (Å²) in [5, 5.41) is 12.2. The largest absolute Gasteiger partial charge is 0.299 e. The lowest BCUT2D eigenvalue weighted by Crippen LogP contribution is -2.01. The quantitative estimate of drug-likeness (QED) is 0.320. The summed E-state index contributed by atoms with van der Waals surface area (Å²) in [6.07, 6.45) is 13.0. The molecule has 0 bridgehead atoms. The van der Waals surface area contributed by atoms with Gasteiger partial charge in [0.2, 0.25) is 0 Å². The van der Waals surface area contributed by atoms with E-state index in [-0.39, 0.29) is 0 Å². The van der Waals surface area contributed by atoms with Crippen molar-refractivity contribution < 1.29 is 0 Å². The molecule has 0 atom stereocenters. The van der Waals surface area contributed by atoms with Gasteiger partial charge in [-0.15, -0.1) is 21.5 Å². The zero-order chi connectivity index (χ0) is 21.8. The molecule has 162 valence electrons. The normalized spacial score (nSPS) is 15.3. The van der Waals surface area contributed by atoms with Crippen LogP contribution in [0.5, 0.6) is 0 Å². The Kier molecular flexibility index (Phi) is 4.51. The Morgan fingerprint density at radius 1 is 0.939 bits per heavy atom. The fraction of sp³-hybridized carbons (Fsp3) is 0.250. The highest BCUT2D eigenvalue weighted by Gasteiger charge is 2.31. The van der Waals surface area contributed by atoms with E-state index in [9.17, 15) is 0 Å². The second kappa shape index (κ2) is 7.71. The third-order valence-electron chi connectivity index (χ3n) is 6.14. The van der Waals surface area contributed by atoms with Crippen LogP contribution in [0.3, 0.4) is 0 Å². The SMILES string of the molecule is c1cncc(-c2nc(Sc3nnc(-c4cccnc4)n3C3CC3)c3c4c(sc3n2)CCC4)c1. The molecule has 0 amide bonds. The Bertz CT molecular complexity index is 1470. The Morgan fingerprint density at radius 2 is 1.76 bits per heavy atom. The average Bonchev–Trinajstić information content (AvgIpc) is 3.28. The molecule has 0 N–H and O–H groups in total. The van der Waals surface area contributed by atoms with Crippen LogP contribution in [0.1, 0.15) is 35.7 Å². The maximum Gasteiger partial charge on any atom is 0.198 e. The molecule has 0 aromatic carbocycles. The zero-order valence-electron chi connectivity index (χ0n) is 17.7. The molecule has 0 aliphatic heterocycles. The van der Waals surface area contributed by atoms with Gasteiger partial charge in [-0.1, -0.05) is 0 Å². The van der Waals surface area contributed by atoms with Gasteiger partial charge in [-0.3, -0.25) is 14.5 Å². The fourth-order valence-electron chi connectivity index (χ4n) is 4.45. The molecule has 0 spiro atoms. The van der Waals surface area contributed by atoms with Crippen LogP contribution >= 0.6 is 23.1 Å². The first-order valence-corrected chi connectivity index (χ1v) is 12.7. The molecule has 2 aliphatic carbocycles. The maximum atomic E-state index is 5.04. The Balaban J connectivity index is 1.39. The molecule has 1 fully saturated rings. The first kappa shape index (κ1) is 19.3. The van der Waals surface area contributed by atoms with Crippen molar-refractivity contribution in [2.24, 2.45) is 0 Å². The number of thiophene rings is 1. The number of fused-ring (bicyclic) bond motifs is 3. The van der Waals surface area contributed by atoms with Crippen LogP contribution in [0.2, 0.25) is 0 Å².